The molecule has 0 aromatic heterocycles. The van der Waals surface area contributed by atoms with Crippen LogP contribution in [0.2, 0.25) is 0 Å². The molecule has 94 valence electrons. The molecule has 0 aliphatic carbocycles. The van der Waals surface area contributed by atoms with Gasteiger partial charge >= 0.3 is 0 Å². The van der Waals surface area contributed by atoms with Gasteiger partial charge in [0.25, 0.3) is 0 Å². The van der Waals surface area contributed by atoms with E-state index >= 15 is 0 Å². The van der Waals surface area contributed by atoms with Crippen LogP contribution < -0.4 is 10.5 Å². The minimum Gasteiger partial charge on any atom is -0.488 e. The van der Waals surface area contributed by atoms with Crippen molar-refractivity contribution in [1.82, 2.24) is 0 Å². The third-order valence-corrected chi connectivity index (χ3v) is 2.78. The third-order valence-electron chi connectivity index (χ3n) is 2.78. The van der Waals surface area contributed by atoms with Crippen molar-refractivity contribution in [2.45, 2.75) is 20.1 Å². The number of hydrogen-bond donors (Lipinski definition) is 1. The van der Waals surface area contributed by atoms with E-state index in [1.165, 1.54) is 6.07 Å². The molecule has 0 unspecified atom stereocenters. The second kappa shape index (κ2) is 5.65. The Morgan fingerprint density at radius 1 is 1.11 bits per heavy atom. The van der Waals surface area contributed by atoms with Gasteiger partial charge in [-0.15, -0.1) is 0 Å². The summed E-state index contributed by atoms with van der Waals surface area (Å²) in [4.78, 5) is 0. The van der Waals surface area contributed by atoms with Crippen LogP contribution in [0.25, 0.3) is 0 Å². The largest absolute Gasteiger partial charge is 0.488 e. The molecule has 18 heavy (non-hydrogen) atoms. The average molecular weight is 245 g/mol. The summed E-state index contributed by atoms with van der Waals surface area (Å²) < 4.78 is 19.1. The molecule has 0 heterocycles. The lowest BCUT2D eigenvalue weighted by Gasteiger charge is -2.11. The molecular formula is C15H16FNO. The van der Waals surface area contributed by atoms with Gasteiger partial charge in [0.2, 0.25) is 0 Å². The summed E-state index contributed by atoms with van der Waals surface area (Å²) in [7, 11) is 0. The Kier molecular flexibility index (Phi) is 3.95. The molecule has 0 aliphatic rings. The lowest BCUT2D eigenvalue weighted by atomic mass is 10.1. The number of ether oxygens (including phenoxy) is 1. The van der Waals surface area contributed by atoms with Gasteiger partial charge in [0.1, 0.15) is 18.2 Å². The third kappa shape index (κ3) is 2.87. The van der Waals surface area contributed by atoms with Crippen LogP contribution in [0.1, 0.15) is 16.7 Å². The SMILES string of the molecule is Cc1ccc(OCc2ccccc2F)c(CN)c1. The molecule has 0 radical (unpaired) electrons. The van der Waals surface area contributed by atoms with Crippen molar-refractivity contribution in [3.05, 3.63) is 65.0 Å². The van der Waals surface area contributed by atoms with Crippen molar-refractivity contribution in [3.63, 3.8) is 0 Å². The van der Waals surface area contributed by atoms with E-state index in [-0.39, 0.29) is 12.4 Å². The van der Waals surface area contributed by atoms with Gasteiger partial charge in [-0.05, 0) is 19.1 Å². The monoisotopic (exact) mass is 245 g/mol. The molecule has 0 bridgehead atoms. The zero-order valence-corrected chi connectivity index (χ0v) is 10.3. The minimum atomic E-state index is -0.251. The van der Waals surface area contributed by atoms with Crippen LogP contribution in [-0.4, -0.2) is 0 Å². The van der Waals surface area contributed by atoms with Gasteiger partial charge in [0.15, 0.2) is 0 Å². The molecule has 2 rings (SSSR count). The quantitative estimate of drug-likeness (QED) is 0.898. The predicted molar refractivity (Wildman–Crippen MR) is 69.8 cm³/mol. The first-order valence-electron chi connectivity index (χ1n) is 5.86. The standard InChI is InChI=1S/C15H16FNO/c1-11-6-7-15(13(8-11)9-17)18-10-12-4-2-3-5-14(12)16/h2-8H,9-10,17H2,1H3. The summed E-state index contributed by atoms with van der Waals surface area (Å²) >= 11 is 0. The number of rotatable bonds is 4. The second-order valence-electron chi connectivity index (χ2n) is 4.20. The highest BCUT2D eigenvalue weighted by Gasteiger charge is 2.05. The van der Waals surface area contributed by atoms with Crippen LogP contribution in [0.4, 0.5) is 4.39 Å². The summed E-state index contributed by atoms with van der Waals surface area (Å²) in [5, 5.41) is 0. The maximum Gasteiger partial charge on any atom is 0.129 e. The molecule has 0 saturated carbocycles. The molecule has 0 spiro atoms. The smallest absolute Gasteiger partial charge is 0.129 e. The number of nitrogens with two attached hydrogens (primary N) is 1. The summed E-state index contributed by atoms with van der Waals surface area (Å²) in [6.45, 7) is 2.62. The van der Waals surface area contributed by atoms with E-state index in [1.54, 1.807) is 18.2 Å². The van der Waals surface area contributed by atoms with Gasteiger partial charge in [-0.2, -0.15) is 0 Å². The first-order valence-corrected chi connectivity index (χ1v) is 5.86. The van der Waals surface area contributed by atoms with Crippen molar-refractivity contribution >= 4 is 0 Å². The Labute approximate surface area is 106 Å². The fraction of sp³-hybridized carbons (Fsp3) is 0.200. The fourth-order valence-corrected chi connectivity index (χ4v) is 1.78. The highest BCUT2D eigenvalue weighted by atomic mass is 19.1. The normalized spacial score (nSPS) is 10.4. The zero-order valence-electron chi connectivity index (χ0n) is 10.3. The van der Waals surface area contributed by atoms with Crippen molar-refractivity contribution < 1.29 is 9.13 Å². The molecule has 2 N–H and O–H groups in total. The molecule has 2 aromatic rings. The lowest BCUT2D eigenvalue weighted by Crippen LogP contribution is -2.04. The number of halogens is 1. The molecular weight excluding hydrogens is 229 g/mol. The Hall–Kier alpha value is -1.87. The highest BCUT2D eigenvalue weighted by Crippen LogP contribution is 2.21. The van der Waals surface area contributed by atoms with Crippen molar-refractivity contribution in [2.75, 3.05) is 0 Å². The maximum absolute atomic E-state index is 13.4. The Bertz CT molecular complexity index is 540. The maximum atomic E-state index is 13.4. The summed E-state index contributed by atoms with van der Waals surface area (Å²) in [5.74, 6) is 0.463. The van der Waals surface area contributed by atoms with E-state index in [1.807, 2.05) is 25.1 Å². The summed E-state index contributed by atoms with van der Waals surface area (Å²) in [5.41, 5.74) is 8.28. The van der Waals surface area contributed by atoms with Gasteiger partial charge in [-0.1, -0.05) is 35.9 Å². The van der Waals surface area contributed by atoms with Crippen LogP contribution in [0.3, 0.4) is 0 Å². The fourth-order valence-electron chi connectivity index (χ4n) is 1.78. The van der Waals surface area contributed by atoms with E-state index in [0.717, 1.165) is 11.1 Å². The van der Waals surface area contributed by atoms with Crippen LogP contribution >= 0.6 is 0 Å². The van der Waals surface area contributed by atoms with Crippen LogP contribution in [0, 0.1) is 12.7 Å². The molecule has 2 aromatic carbocycles. The lowest BCUT2D eigenvalue weighted by molar-refractivity contribution is 0.296. The number of aryl methyl sites for hydroxylation is 1. The van der Waals surface area contributed by atoms with E-state index in [9.17, 15) is 4.39 Å². The van der Waals surface area contributed by atoms with E-state index < -0.39 is 0 Å². The van der Waals surface area contributed by atoms with Gasteiger partial charge in [0, 0.05) is 17.7 Å². The second-order valence-corrected chi connectivity index (χ2v) is 4.20. The Morgan fingerprint density at radius 2 is 1.89 bits per heavy atom. The highest BCUT2D eigenvalue weighted by molar-refractivity contribution is 5.37. The van der Waals surface area contributed by atoms with Crippen molar-refractivity contribution in [2.24, 2.45) is 5.73 Å². The minimum absolute atomic E-state index is 0.211. The zero-order chi connectivity index (χ0) is 13.0. The Morgan fingerprint density at radius 3 is 2.61 bits per heavy atom. The molecule has 0 aliphatic heterocycles. The summed E-state index contributed by atoms with van der Waals surface area (Å²) in [6, 6.07) is 12.4. The first kappa shape index (κ1) is 12.6. The molecule has 0 fully saturated rings. The number of hydrogen-bond acceptors (Lipinski definition) is 2. The molecule has 0 atom stereocenters. The van der Waals surface area contributed by atoms with E-state index in [2.05, 4.69) is 0 Å². The van der Waals surface area contributed by atoms with Crippen LogP contribution in [-0.2, 0) is 13.2 Å². The molecule has 0 amide bonds. The number of benzene rings is 2. The van der Waals surface area contributed by atoms with E-state index in [4.69, 9.17) is 10.5 Å². The van der Waals surface area contributed by atoms with E-state index in [0.29, 0.717) is 17.9 Å². The van der Waals surface area contributed by atoms with Gasteiger partial charge in [-0.25, -0.2) is 4.39 Å². The average Bonchev–Trinajstić information content (AvgIpc) is 2.39. The molecule has 0 saturated heterocycles. The van der Waals surface area contributed by atoms with Gasteiger partial charge in [0.05, 0.1) is 0 Å². The van der Waals surface area contributed by atoms with Crippen LogP contribution in [0.15, 0.2) is 42.5 Å². The molecule has 2 nitrogen and oxygen atoms in total. The van der Waals surface area contributed by atoms with Gasteiger partial charge in [-0.3, -0.25) is 0 Å². The van der Waals surface area contributed by atoms with Crippen molar-refractivity contribution in [1.29, 1.82) is 0 Å². The van der Waals surface area contributed by atoms with Crippen LogP contribution in [0.5, 0.6) is 5.75 Å². The predicted octanol–water partition coefficient (Wildman–Crippen LogP) is 3.17. The van der Waals surface area contributed by atoms with Gasteiger partial charge < -0.3 is 10.5 Å². The summed E-state index contributed by atoms with van der Waals surface area (Å²) in [6.07, 6.45) is 0. The first-order chi connectivity index (χ1) is 8.70. The molecule has 3 heteroatoms. The topological polar surface area (TPSA) is 35.2 Å². The Balaban J connectivity index is 2.13. The van der Waals surface area contributed by atoms with Crippen molar-refractivity contribution in [3.8, 4) is 5.75 Å².